The van der Waals surface area contributed by atoms with E-state index in [9.17, 15) is 5.11 Å². The zero-order valence-corrected chi connectivity index (χ0v) is 11.7. The first-order valence-electron chi connectivity index (χ1n) is 7.10. The Morgan fingerprint density at radius 1 is 1.40 bits per heavy atom. The molecule has 2 aromatic rings. The fraction of sp³-hybridized carbons (Fsp3) is 0.467. The molecule has 2 heterocycles. The molecule has 5 heteroatoms. The van der Waals surface area contributed by atoms with E-state index in [4.69, 9.17) is 0 Å². The summed E-state index contributed by atoms with van der Waals surface area (Å²) in [6.45, 7) is 2.54. The second-order valence-electron chi connectivity index (χ2n) is 5.41. The quantitative estimate of drug-likeness (QED) is 0.895. The Labute approximate surface area is 118 Å². The van der Waals surface area contributed by atoms with E-state index in [1.165, 1.54) is 12.8 Å². The third kappa shape index (κ3) is 2.67. The van der Waals surface area contributed by atoms with Crippen LogP contribution in [-0.2, 0) is 6.54 Å². The Morgan fingerprint density at radius 2 is 2.30 bits per heavy atom. The maximum absolute atomic E-state index is 9.84. The Morgan fingerprint density at radius 3 is 3.10 bits per heavy atom. The maximum Gasteiger partial charge on any atom is 0.138 e. The first-order chi connectivity index (χ1) is 9.74. The van der Waals surface area contributed by atoms with Crippen LogP contribution in [0.3, 0.4) is 0 Å². The minimum absolute atomic E-state index is 0.264. The average molecular weight is 272 g/mol. The number of aromatic nitrogens is 3. The molecule has 2 N–H and O–H groups in total. The molecule has 0 aromatic carbocycles. The lowest BCUT2D eigenvalue weighted by molar-refractivity contribution is 0.383. The van der Waals surface area contributed by atoms with Crippen molar-refractivity contribution in [3.8, 4) is 5.75 Å². The molecule has 0 saturated heterocycles. The molecule has 106 valence electrons. The molecule has 2 atom stereocenters. The Kier molecular flexibility index (Phi) is 3.69. The molecule has 5 nitrogen and oxygen atoms in total. The van der Waals surface area contributed by atoms with Gasteiger partial charge in [0, 0.05) is 36.7 Å². The Hall–Kier alpha value is -1.88. The first kappa shape index (κ1) is 13.1. The highest BCUT2D eigenvalue weighted by Crippen LogP contribution is 2.30. The molecule has 1 aliphatic carbocycles. The predicted molar refractivity (Wildman–Crippen MR) is 76.4 cm³/mol. The molecule has 0 amide bonds. The molecule has 1 aliphatic rings. The Bertz CT molecular complexity index is 567. The lowest BCUT2D eigenvalue weighted by atomic mass is 10.1. The van der Waals surface area contributed by atoms with Gasteiger partial charge in [0.25, 0.3) is 0 Å². The molecular formula is C15H20N4O. The average Bonchev–Trinajstić information content (AvgIpc) is 3.09. The zero-order chi connectivity index (χ0) is 13.9. The van der Waals surface area contributed by atoms with Crippen molar-refractivity contribution in [3.05, 3.63) is 42.2 Å². The second kappa shape index (κ2) is 5.63. The highest BCUT2D eigenvalue weighted by molar-refractivity contribution is 5.27. The van der Waals surface area contributed by atoms with Crippen LogP contribution in [-0.4, -0.2) is 25.7 Å². The highest BCUT2D eigenvalue weighted by atomic mass is 16.3. The highest BCUT2D eigenvalue weighted by Gasteiger charge is 2.28. The van der Waals surface area contributed by atoms with Crippen molar-refractivity contribution in [3.63, 3.8) is 0 Å². The largest absolute Gasteiger partial charge is 0.506 e. The van der Waals surface area contributed by atoms with E-state index >= 15 is 0 Å². The standard InChI is InChI=1S/C15H20N4O/c1-11-5-6-15(20)13(18-11)9-17-12-3-2-4-14(12)19-8-7-16-10-19/h5-8,10,12,14,17,20H,2-4,9H2,1H3. The number of nitrogens with one attached hydrogen (secondary N) is 1. The minimum Gasteiger partial charge on any atom is -0.506 e. The van der Waals surface area contributed by atoms with Gasteiger partial charge in [0.15, 0.2) is 0 Å². The van der Waals surface area contributed by atoms with Gasteiger partial charge in [-0.2, -0.15) is 0 Å². The van der Waals surface area contributed by atoms with E-state index in [0.717, 1.165) is 17.8 Å². The maximum atomic E-state index is 9.84. The summed E-state index contributed by atoms with van der Waals surface area (Å²) < 4.78 is 2.17. The van der Waals surface area contributed by atoms with Gasteiger partial charge in [0.1, 0.15) is 5.75 Å². The van der Waals surface area contributed by atoms with Gasteiger partial charge in [-0.15, -0.1) is 0 Å². The predicted octanol–water partition coefficient (Wildman–Crippen LogP) is 2.18. The summed E-state index contributed by atoms with van der Waals surface area (Å²) in [6.07, 6.45) is 9.26. The fourth-order valence-corrected chi connectivity index (χ4v) is 2.96. The van der Waals surface area contributed by atoms with Gasteiger partial charge in [-0.05, 0) is 38.3 Å². The summed E-state index contributed by atoms with van der Waals surface area (Å²) in [6, 6.07) is 4.39. The molecule has 1 fully saturated rings. The minimum atomic E-state index is 0.264. The Balaban J connectivity index is 1.67. The van der Waals surface area contributed by atoms with Crippen LogP contribution in [0, 0.1) is 6.92 Å². The van der Waals surface area contributed by atoms with Crippen LogP contribution in [0.4, 0.5) is 0 Å². The van der Waals surface area contributed by atoms with Crippen LogP contribution in [0.15, 0.2) is 30.9 Å². The van der Waals surface area contributed by atoms with Crippen molar-refractivity contribution in [1.29, 1.82) is 0 Å². The number of aromatic hydroxyl groups is 1. The SMILES string of the molecule is Cc1ccc(O)c(CNC2CCCC2n2ccnc2)n1. The summed E-state index contributed by atoms with van der Waals surface area (Å²) in [5.74, 6) is 0.264. The second-order valence-corrected chi connectivity index (χ2v) is 5.41. The molecule has 0 aliphatic heterocycles. The summed E-state index contributed by atoms with van der Waals surface area (Å²) in [5, 5.41) is 13.4. The van der Waals surface area contributed by atoms with Gasteiger partial charge in [-0.3, -0.25) is 4.98 Å². The molecule has 2 unspecified atom stereocenters. The molecule has 1 saturated carbocycles. The van der Waals surface area contributed by atoms with Crippen LogP contribution in [0.1, 0.15) is 36.7 Å². The summed E-state index contributed by atoms with van der Waals surface area (Å²) in [7, 11) is 0. The van der Waals surface area contributed by atoms with Crippen molar-refractivity contribution in [2.75, 3.05) is 0 Å². The number of aryl methyl sites for hydroxylation is 1. The first-order valence-corrected chi connectivity index (χ1v) is 7.10. The van der Waals surface area contributed by atoms with E-state index in [1.54, 1.807) is 6.07 Å². The van der Waals surface area contributed by atoms with Crippen molar-refractivity contribution in [1.82, 2.24) is 19.9 Å². The number of rotatable bonds is 4. The lowest BCUT2D eigenvalue weighted by Crippen LogP contribution is -2.33. The summed E-state index contributed by atoms with van der Waals surface area (Å²) >= 11 is 0. The molecule has 3 rings (SSSR count). The fourth-order valence-electron chi connectivity index (χ4n) is 2.96. The van der Waals surface area contributed by atoms with Gasteiger partial charge < -0.3 is 15.0 Å². The number of imidazole rings is 1. The van der Waals surface area contributed by atoms with Crippen LogP contribution in [0.2, 0.25) is 0 Å². The number of nitrogens with zero attached hydrogens (tertiary/aromatic N) is 3. The van der Waals surface area contributed by atoms with E-state index in [0.29, 0.717) is 18.6 Å². The van der Waals surface area contributed by atoms with E-state index in [2.05, 4.69) is 19.9 Å². The third-order valence-corrected chi connectivity index (χ3v) is 4.01. The molecular weight excluding hydrogens is 252 g/mol. The van der Waals surface area contributed by atoms with Crippen LogP contribution in [0.25, 0.3) is 0 Å². The van der Waals surface area contributed by atoms with Crippen LogP contribution < -0.4 is 5.32 Å². The normalized spacial score (nSPS) is 22.2. The van der Waals surface area contributed by atoms with E-state index in [1.807, 2.05) is 31.7 Å². The lowest BCUT2D eigenvalue weighted by Gasteiger charge is -2.22. The summed E-state index contributed by atoms with van der Waals surface area (Å²) in [5.41, 5.74) is 1.65. The number of hydrogen-bond acceptors (Lipinski definition) is 4. The van der Waals surface area contributed by atoms with Gasteiger partial charge in [-0.25, -0.2) is 4.98 Å². The van der Waals surface area contributed by atoms with Gasteiger partial charge in [-0.1, -0.05) is 0 Å². The van der Waals surface area contributed by atoms with E-state index in [-0.39, 0.29) is 5.75 Å². The number of pyridine rings is 1. The van der Waals surface area contributed by atoms with Crippen LogP contribution >= 0.6 is 0 Å². The van der Waals surface area contributed by atoms with Gasteiger partial charge >= 0.3 is 0 Å². The van der Waals surface area contributed by atoms with Gasteiger partial charge in [0.05, 0.1) is 12.0 Å². The zero-order valence-electron chi connectivity index (χ0n) is 11.7. The smallest absolute Gasteiger partial charge is 0.138 e. The third-order valence-electron chi connectivity index (χ3n) is 4.01. The van der Waals surface area contributed by atoms with Gasteiger partial charge in [0.2, 0.25) is 0 Å². The van der Waals surface area contributed by atoms with Crippen molar-refractivity contribution >= 4 is 0 Å². The van der Waals surface area contributed by atoms with Crippen molar-refractivity contribution in [2.45, 2.75) is 44.8 Å². The van der Waals surface area contributed by atoms with Crippen LogP contribution in [0.5, 0.6) is 5.75 Å². The van der Waals surface area contributed by atoms with E-state index < -0.39 is 0 Å². The summed E-state index contributed by atoms with van der Waals surface area (Å²) in [4.78, 5) is 8.52. The number of hydrogen-bond donors (Lipinski definition) is 2. The van der Waals surface area contributed by atoms with Crippen molar-refractivity contribution < 1.29 is 5.11 Å². The van der Waals surface area contributed by atoms with Crippen molar-refractivity contribution in [2.24, 2.45) is 0 Å². The monoisotopic (exact) mass is 272 g/mol. The molecule has 2 aromatic heterocycles. The molecule has 20 heavy (non-hydrogen) atoms. The molecule has 0 bridgehead atoms. The molecule has 0 radical (unpaired) electrons. The topological polar surface area (TPSA) is 63.0 Å². The molecule has 0 spiro atoms.